The van der Waals surface area contributed by atoms with Gasteiger partial charge in [-0.2, -0.15) is 0 Å². The number of carbonyl (C=O) groups excluding carboxylic acids is 1. The van der Waals surface area contributed by atoms with Crippen LogP contribution < -0.4 is 0 Å². The minimum atomic E-state index is 0.104. The number of rotatable bonds is 5. The van der Waals surface area contributed by atoms with Gasteiger partial charge in [-0.3, -0.25) is 4.79 Å². The molecule has 0 aromatic heterocycles. The first-order valence-corrected chi connectivity index (χ1v) is 7.53. The average molecular weight is 331 g/mol. The molecule has 1 amide bonds. The molecule has 18 heavy (non-hydrogen) atoms. The molecule has 1 aromatic carbocycles. The standard InChI is InChI=1S/C14H17BrClNO/c1-2-7-17(9-10-3-4-10)14(18)12-6-5-11(16)8-13(12)15/h5-6,8,10H,2-4,7,9H2,1H3. The van der Waals surface area contributed by atoms with Gasteiger partial charge in [-0.15, -0.1) is 0 Å². The summed E-state index contributed by atoms with van der Waals surface area (Å²) in [6.45, 7) is 3.82. The van der Waals surface area contributed by atoms with Gasteiger partial charge in [-0.05, 0) is 59.3 Å². The summed E-state index contributed by atoms with van der Waals surface area (Å²) in [4.78, 5) is 14.4. The van der Waals surface area contributed by atoms with Gasteiger partial charge in [0.25, 0.3) is 5.91 Å². The van der Waals surface area contributed by atoms with E-state index < -0.39 is 0 Å². The van der Waals surface area contributed by atoms with E-state index in [0.29, 0.717) is 16.5 Å². The van der Waals surface area contributed by atoms with Crippen molar-refractivity contribution in [3.05, 3.63) is 33.3 Å². The lowest BCUT2D eigenvalue weighted by Gasteiger charge is -2.22. The lowest BCUT2D eigenvalue weighted by atomic mass is 10.2. The van der Waals surface area contributed by atoms with E-state index >= 15 is 0 Å². The summed E-state index contributed by atoms with van der Waals surface area (Å²) in [5.41, 5.74) is 0.702. The summed E-state index contributed by atoms with van der Waals surface area (Å²) >= 11 is 9.32. The predicted octanol–water partition coefficient (Wildman–Crippen LogP) is 4.36. The quantitative estimate of drug-likeness (QED) is 0.785. The minimum Gasteiger partial charge on any atom is -0.338 e. The second kappa shape index (κ2) is 6.07. The summed E-state index contributed by atoms with van der Waals surface area (Å²) in [7, 11) is 0. The first-order valence-electron chi connectivity index (χ1n) is 6.36. The lowest BCUT2D eigenvalue weighted by molar-refractivity contribution is 0.0747. The van der Waals surface area contributed by atoms with Gasteiger partial charge in [-0.1, -0.05) is 18.5 Å². The van der Waals surface area contributed by atoms with Crippen molar-refractivity contribution in [3.63, 3.8) is 0 Å². The number of halogens is 2. The summed E-state index contributed by atoms with van der Waals surface area (Å²) in [6.07, 6.45) is 3.51. The molecule has 0 saturated heterocycles. The molecule has 1 saturated carbocycles. The molecular weight excluding hydrogens is 314 g/mol. The Morgan fingerprint density at radius 3 is 2.78 bits per heavy atom. The van der Waals surface area contributed by atoms with Crippen LogP contribution in [0.2, 0.25) is 5.02 Å². The van der Waals surface area contributed by atoms with E-state index in [1.807, 2.05) is 4.90 Å². The molecule has 4 heteroatoms. The van der Waals surface area contributed by atoms with E-state index in [-0.39, 0.29) is 5.91 Å². The third kappa shape index (κ3) is 3.48. The maximum atomic E-state index is 12.5. The highest BCUT2D eigenvalue weighted by Crippen LogP contribution is 2.31. The zero-order chi connectivity index (χ0) is 13.1. The zero-order valence-corrected chi connectivity index (χ0v) is 12.8. The van der Waals surface area contributed by atoms with E-state index in [0.717, 1.165) is 24.0 Å². The molecule has 0 N–H and O–H groups in total. The van der Waals surface area contributed by atoms with Gasteiger partial charge in [-0.25, -0.2) is 0 Å². The Morgan fingerprint density at radius 2 is 2.22 bits per heavy atom. The van der Waals surface area contributed by atoms with Gasteiger partial charge in [0.15, 0.2) is 0 Å². The van der Waals surface area contributed by atoms with Gasteiger partial charge < -0.3 is 4.90 Å². The molecule has 2 nitrogen and oxygen atoms in total. The molecular formula is C14H17BrClNO. The minimum absolute atomic E-state index is 0.104. The zero-order valence-electron chi connectivity index (χ0n) is 10.5. The number of hydrogen-bond acceptors (Lipinski definition) is 1. The molecule has 2 rings (SSSR count). The summed E-state index contributed by atoms with van der Waals surface area (Å²) in [6, 6.07) is 5.33. The Balaban J connectivity index is 2.15. The van der Waals surface area contributed by atoms with Crippen LogP contribution in [-0.2, 0) is 0 Å². The van der Waals surface area contributed by atoms with Crippen molar-refractivity contribution in [1.82, 2.24) is 4.90 Å². The smallest absolute Gasteiger partial charge is 0.255 e. The van der Waals surface area contributed by atoms with Crippen molar-refractivity contribution in [2.75, 3.05) is 13.1 Å². The van der Waals surface area contributed by atoms with Crippen molar-refractivity contribution >= 4 is 33.4 Å². The maximum Gasteiger partial charge on any atom is 0.255 e. The first kappa shape index (κ1) is 13.9. The summed E-state index contributed by atoms with van der Waals surface area (Å²) < 4.78 is 0.775. The second-order valence-electron chi connectivity index (χ2n) is 4.82. The molecule has 0 radical (unpaired) electrons. The third-order valence-corrected chi connectivity index (χ3v) is 4.01. The second-order valence-corrected chi connectivity index (χ2v) is 6.11. The molecule has 1 aliphatic carbocycles. The van der Waals surface area contributed by atoms with Gasteiger partial charge in [0.2, 0.25) is 0 Å². The van der Waals surface area contributed by atoms with Crippen LogP contribution in [-0.4, -0.2) is 23.9 Å². The van der Waals surface area contributed by atoms with Crippen LogP contribution in [0.4, 0.5) is 0 Å². The van der Waals surface area contributed by atoms with Crippen LogP contribution >= 0.6 is 27.5 Å². The molecule has 0 aliphatic heterocycles. The largest absolute Gasteiger partial charge is 0.338 e. The van der Waals surface area contributed by atoms with Gasteiger partial charge >= 0.3 is 0 Å². The topological polar surface area (TPSA) is 20.3 Å². The molecule has 0 bridgehead atoms. The highest BCUT2D eigenvalue weighted by Gasteiger charge is 2.27. The maximum absolute atomic E-state index is 12.5. The van der Waals surface area contributed by atoms with Crippen LogP contribution in [0.3, 0.4) is 0 Å². The predicted molar refractivity (Wildman–Crippen MR) is 78.1 cm³/mol. The molecule has 1 aromatic rings. The Morgan fingerprint density at radius 1 is 1.50 bits per heavy atom. The van der Waals surface area contributed by atoms with Crippen molar-refractivity contribution < 1.29 is 4.79 Å². The molecule has 0 unspecified atom stereocenters. The highest BCUT2D eigenvalue weighted by molar-refractivity contribution is 9.10. The first-order chi connectivity index (χ1) is 8.61. The molecule has 1 aliphatic rings. The van der Waals surface area contributed by atoms with Gasteiger partial charge in [0.1, 0.15) is 0 Å². The Bertz CT molecular complexity index is 445. The normalized spacial score (nSPS) is 14.6. The van der Waals surface area contributed by atoms with E-state index in [9.17, 15) is 4.79 Å². The third-order valence-electron chi connectivity index (χ3n) is 3.12. The molecule has 98 valence electrons. The van der Waals surface area contributed by atoms with E-state index in [4.69, 9.17) is 11.6 Å². The van der Waals surface area contributed by atoms with Crippen molar-refractivity contribution in [1.29, 1.82) is 0 Å². The molecule has 0 spiro atoms. The van der Waals surface area contributed by atoms with Crippen molar-refractivity contribution in [3.8, 4) is 0 Å². The fourth-order valence-electron chi connectivity index (χ4n) is 1.99. The monoisotopic (exact) mass is 329 g/mol. The van der Waals surface area contributed by atoms with Crippen molar-refractivity contribution in [2.24, 2.45) is 5.92 Å². The van der Waals surface area contributed by atoms with E-state index in [2.05, 4.69) is 22.9 Å². The van der Waals surface area contributed by atoms with Crippen LogP contribution in [0.15, 0.2) is 22.7 Å². The Hall–Kier alpha value is -0.540. The summed E-state index contributed by atoms with van der Waals surface area (Å²) in [5, 5.41) is 0.641. The van der Waals surface area contributed by atoms with Crippen LogP contribution in [0, 0.1) is 5.92 Å². The number of benzene rings is 1. The average Bonchev–Trinajstić information content (AvgIpc) is 3.11. The Labute approximate surface area is 121 Å². The lowest BCUT2D eigenvalue weighted by Crippen LogP contribution is -2.33. The van der Waals surface area contributed by atoms with Crippen LogP contribution in [0.5, 0.6) is 0 Å². The van der Waals surface area contributed by atoms with E-state index in [1.54, 1.807) is 18.2 Å². The number of hydrogen-bond donors (Lipinski definition) is 0. The van der Waals surface area contributed by atoms with Gasteiger partial charge in [0, 0.05) is 22.6 Å². The van der Waals surface area contributed by atoms with Gasteiger partial charge in [0.05, 0.1) is 5.56 Å². The van der Waals surface area contributed by atoms with Crippen LogP contribution in [0.1, 0.15) is 36.5 Å². The number of carbonyl (C=O) groups is 1. The summed E-state index contributed by atoms with van der Waals surface area (Å²) in [5.74, 6) is 0.818. The molecule has 0 atom stereocenters. The fraction of sp³-hybridized carbons (Fsp3) is 0.500. The highest BCUT2D eigenvalue weighted by atomic mass is 79.9. The van der Waals surface area contributed by atoms with Crippen LogP contribution in [0.25, 0.3) is 0 Å². The SMILES string of the molecule is CCCN(CC1CC1)C(=O)c1ccc(Cl)cc1Br. The molecule has 1 fully saturated rings. The van der Waals surface area contributed by atoms with Crippen molar-refractivity contribution in [2.45, 2.75) is 26.2 Å². The number of nitrogens with zero attached hydrogens (tertiary/aromatic N) is 1. The molecule has 0 heterocycles. The Kier molecular flexibility index (Phi) is 4.68. The van der Waals surface area contributed by atoms with E-state index in [1.165, 1.54) is 12.8 Å². The number of amides is 1. The fourth-order valence-corrected chi connectivity index (χ4v) is 2.84.